The predicted molar refractivity (Wildman–Crippen MR) is 513 cm³/mol. The van der Waals surface area contributed by atoms with Crippen molar-refractivity contribution in [3.8, 4) is 0 Å². The second kappa shape index (κ2) is 78.5. The largest absolute Gasteiger partial charge is 0.344 e. The fourth-order valence-corrected chi connectivity index (χ4v) is 13.6. The summed E-state index contributed by atoms with van der Waals surface area (Å²) in [5, 5.41) is 30.5. The number of tetrazole rings is 2. The first kappa shape index (κ1) is 150. The highest BCUT2D eigenvalue weighted by molar-refractivity contribution is 7.93. The molecule has 0 aliphatic heterocycles. The van der Waals surface area contributed by atoms with Crippen molar-refractivity contribution in [2.75, 3.05) is 80.0 Å². The highest BCUT2D eigenvalue weighted by Crippen LogP contribution is 2.40. The Morgan fingerprint density at radius 2 is 0.773 bits per heavy atom. The number of sulfone groups is 4. The summed E-state index contributed by atoms with van der Waals surface area (Å²) in [5.41, 5.74) is -0.0903. The molecule has 766 valence electrons. The average Bonchev–Trinajstić information content (AvgIpc) is 1.56. The number of rotatable bonds is 29. The van der Waals surface area contributed by atoms with Gasteiger partial charge in [0.15, 0.2) is 46.1 Å². The molecular weight excluding hydrogens is 1880 g/mol. The van der Waals surface area contributed by atoms with Gasteiger partial charge in [-0.2, -0.15) is 10.4 Å². The van der Waals surface area contributed by atoms with E-state index < -0.39 is 113 Å². The summed E-state index contributed by atoms with van der Waals surface area (Å²) in [5.74, 6) is 0.471. The molecule has 42 nitrogen and oxygen atoms in total. The summed E-state index contributed by atoms with van der Waals surface area (Å²) in [7, 11) is -26.4. The van der Waals surface area contributed by atoms with Gasteiger partial charge in [-0.3, -0.25) is 86.6 Å². The Bertz CT molecular complexity index is 4220. The zero-order chi connectivity index (χ0) is 104. The predicted octanol–water partition coefficient (Wildman–Crippen LogP) is 7.69. The first-order chi connectivity index (χ1) is 56.3. The summed E-state index contributed by atoms with van der Waals surface area (Å²) in [4.78, 5) is 123. The van der Waals surface area contributed by atoms with Crippen LogP contribution in [0.25, 0.3) is 0 Å². The van der Waals surface area contributed by atoms with Crippen molar-refractivity contribution in [3.05, 3.63) is 11.6 Å². The van der Waals surface area contributed by atoms with Gasteiger partial charge in [0.25, 0.3) is 0 Å². The number of imide groups is 2. The van der Waals surface area contributed by atoms with Crippen LogP contribution in [0.2, 0.25) is 0 Å². The first-order valence-corrected chi connectivity index (χ1v) is 58.9. The SMILES string of the molecule is C.CC(=O)CS(=O)(=O)C(C)C.CC(=O)CS(=O)(=O)CC(C)C.CC(=O)NC(=O)C(C)C.CC(=O)NC(=O)CC(C)C.CC(C)C(=O)NS(C)(=O)=O.CC(C)C(=O)NS(C)=O.CC(C)CC(=O)NS(C)(=O)=O.CC(C)CC(=O)NS(C)=O.CC(C)CP(C)(=O)O.CC(C)CS(C)(=O)=O.CC(C)Cc1nn[nH]n1.CC(C)P(C)(=O)O.CC(C)S(C)(=O)=O.CC(C)c1nn[nH]n1. The van der Waals surface area contributed by atoms with Crippen LogP contribution in [-0.4, -0.2) is 265 Å². The lowest BCUT2D eigenvalue weighted by atomic mass is 10.1. The second-order valence-corrected chi connectivity index (χ2v) is 54.5. The number of ketones is 2. The second-order valence-electron chi connectivity index (χ2n) is 33.9. The van der Waals surface area contributed by atoms with Gasteiger partial charge in [0.05, 0.1) is 34.5 Å². The fourth-order valence-electron chi connectivity index (χ4n) is 6.35. The molecule has 2 aromatic heterocycles. The third-order valence-corrected chi connectivity index (χ3v) is 25.0. The van der Waals surface area contributed by atoms with Gasteiger partial charge < -0.3 is 9.79 Å². The Labute approximate surface area is 773 Å². The number of H-pyrrole nitrogens is 2. The molecule has 0 aliphatic carbocycles. The summed E-state index contributed by atoms with van der Waals surface area (Å²) in [6.45, 7) is 59.2. The van der Waals surface area contributed by atoms with E-state index in [9.17, 15) is 116 Å². The standard InChI is InChI=1S/C7H13NO2.C7H14O3S.C6H13NO3S.C6H13NO2S.C6H11NO2.C6H12O3S.C5H10N4.C5H11NO3S.C5H11NO2S.C5H13O2P.C5H12O2S.C4H8N4.C4H11O2P.C4H10O2S.CH4/c1-5(2)4-7(10)8-6(3)9;1-6(2)4-11(9,10)5-7(3)8;1-5(2)4-6(8)7-11(3,9)10;1-5(2)4-6(8)7-10(3)9;1-4(2)6(9)7-5(3)8;1-5(2)10(8,9)4-6(3)7;1-4(2)3-5-6-8-9-7-5;1-4(2)5(7)6-10(3,8)9;1-4(2)5(7)6-9(3)8;2*1-5(2)4-8(3,6)7;1-3(2)4-5-7-8-6-4;2*1-4(2)7(3,5)6;/h5H,4H2,1-3H3,(H,8,9,10);6H,4-5H2,1-3H3;5H,4H2,1-3H3,(H,7,8);5H,4H2,1-3H3,(H,7,8);4H,1-3H3,(H,7,8,9);5H,4H2,1-3H3;4H,3H2,1-2H3,(H,6,7,8,9);4H,1-3H3,(H,6,7);4H,1-3H3,(H,6,7);5H,4H2,1-3H3,(H,6,7);5H,4H2,1-3H3;3H,1-2H3,(H,5,6,7,8);4H,1-3H3,(H,5,6);4H,1-3H3;1H4. The summed E-state index contributed by atoms with van der Waals surface area (Å²) in [6, 6.07) is 0. The topological polar surface area (TPSA) is 665 Å². The molecule has 0 bridgehead atoms. The van der Waals surface area contributed by atoms with E-state index >= 15 is 0 Å². The number of Topliss-reactive ketones (excluding diaryl/α,β-unsaturated/α-hetero) is 2. The molecule has 4 atom stereocenters. The highest BCUT2D eigenvalue weighted by atomic mass is 32.2. The highest BCUT2D eigenvalue weighted by Gasteiger charge is 2.20. The molecule has 128 heavy (non-hydrogen) atoms. The van der Waals surface area contributed by atoms with Crippen LogP contribution in [0.5, 0.6) is 0 Å². The normalized spacial score (nSPS) is 12.3. The molecule has 4 unspecified atom stereocenters. The zero-order valence-corrected chi connectivity index (χ0v) is 91.1. The maximum Gasteiger partial charge on any atom is 0.235 e. The summed E-state index contributed by atoms with van der Waals surface area (Å²) >= 11 is 0. The summed E-state index contributed by atoms with van der Waals surface area (Å²) in [6.07, 6.45) is 9.72. The molecule has 8 amide bonds. The molecule has 2 aromatic rings. The molecule has 0 radical (unpaired) electrons. The van der Waals surface area contributed by atoms with Crippen molar-refractivity contribution in [3.63, 3.8) is 0 Å². The molecule has 0 aromatic carbocycles. The lowest BCUT2D eigenvalue weighted by molar-refractivity contribution is -0.132. The minimum Gasteiger partial charge on any atom is -0.344 e. The number of carbonyl (C=O) groups excluding carboxylic acids is 10. The van der Waals surface area contributed by atoms with Gasteiger partial charge in [-0.1, -0.05) is 184 Å². The van der Waals surface area contributed by atoms with Crippen LogP contribution in [0.1, 0.15) is 266 Å². The van der Waals surface area contributed by atoms with Crippen molar-refractivity contribution in [2.45, 2.75) is 277 Å². The van der Waals surface area contributed by atoms with Crippen LogP contribution in [-0.2, 0) is 145 Å². The Hall–Kier alpha value is -5.98. The Morgan fingerprint density at radius 3 is 0.945 bits per heavy atom. The monoisotopic (exact) mass is 2040 g/mol. The Morgan fingerprint density at radius 1 is 0.430 bits per heavy atom. The molecule has 0 saturated carbocycles. The van der Waals surface area contributed by atoms with Crippen molar-refractivity contribution in [1.29, 1.82) is 0 Å². The van der Waals surface area contributed by atoms with Gasteiger partial charge >= 0.3 is 0 Å². The molecule has 10 N–H and O–H groups in total. The van der Waals surface area contributed by atoms with E-state index in [4.69, 9.17) is 9.79 Å². The number of nitrogens with zero attached hydrogens (tertiary/aromatic N) is 6. The van der Waals surface area contributed by atoms with Crippen molar-refractivity contribution in [1.82, 2.24) is 70.8 Å². The van der Waals surface area contributed by atoms with Gasteiger partial charge in [0.2, 0.25) is 67.3 Å². The minimum absolute atomic E-state index is 0. The lowest BCUT2D eigenvalue weighted by Gasteiger charge is -2.06. The average molecular weight is 2040 g/mol. The third kappa shape index (κ3) is 143. The molecule has 0 spiro atoms. The minimum atomic E-state index is -3.37. The van der Waals surface area contributed by atoms with Crippen LogP contribution in [0.15, 0.2) is 0 Å². The smallest absolute Gasteiger partial charge is 0.235 e. The summed E-state index contributed by atoms with van der Waals surface area (Å²) < 4.78 is 177. The van der Waals surface area contributed by atoms with E-state index in [2.05, 4.69) is 75.2 Å². The number of amides is 8. The Balaban J connectivity index is -0.000000101. The van der Waals surface area contributed by atoms with E-state index in [0.29, 0.717) is 54.3 Å². The van der Waals surface area contributed by atoms with E-state index in [-0.39, 0.29) is 125 Å². The number of carbonyl (C=O) groups is 10. The van der Waals surface area contributed by atoms with Crippen LogP contribution in [0.4, 0.5) is 0 Å². The van der Waals surface area contributed by atoms with E-state index in [0.717, 1.165) is 30.6 Å². The quantitative estimate of drug-likeness (QED) is 0.0349. The van der Waals surface area contributed by atoms with Crippen LogP contribution in [0.3, 0.4) is 0 Å². The van der Waals surface area contributed by atoms with Gasteiger partial charge in [-0.25, -0.2) is 58.9 Å². The molecular formula is C76H166N14O28P2S8. The van der Waals surface area contributed by atoms with Crippen LogP contribution < -0.4 is 29.5 Å². The third-order valence-electron chi connectivity index (χ3n) is 12.2. The van der Waals surface area contributed by atoms with E-state index in [1.165, 1.54) is 66.0 Å². The number of nitrogens with one attached hydrogen (secondary N) is 8. The number of aromatic amines is 2. The van der Waals surface area contributed by atoms with Crippen LogP contribution in [0, 0.1) is 59.2 Å². The van der Waals surface area contributed by atoms with Crippen LogP contribution >= 0.6 is 14.7 Å². The molecule has 0 aliphatic rings. The first-order valence-electron chi connectivity index (χ1n) is 40.0. The number of hydrogen-bond donors (Lipinski definition) is 10. The molecule has 0 saturated heterocycles. The van der Waals surface area contributed by atoms with Crippen molar-refractivity contribution in [2.24, 2.45) is 59.2 Å². The zero-order valence-electron chi connectivity index (χ0n) is 82.8. The van der Waals surface area contributed by atoms with Gasteiger partial charge in [-0.15, -0.1) is 20.4 Å². The van der Waals surface area contributed by atoms with Crippen molar-refractivity contribution >= 4 is 155 Å². The number of sulfonamides is 2. The maximum absolute atomic E-state index is 11.0. The molecule has 0 fully saturated rings. The molecule has 52 heteroatoms. The van der Waals surface area contributed by atoms with Gasteiger partial charge in [-0.05, 0) is 83.0 Å². The number of aromatic nitrogens is 8. The van der Waals surface area contributed by atoms with Gasteiger partial charge in [0.1, 0.15) is 64.7 Å². The maximum atomic E-state index is 11.0. The van der Waals surface area contributed by atoms with E-state index in [1.54, 1.807) is 83.1 Å². The fraction of sp³-hybridized carbons (Fsp3) is 0.842. The lowest BCUT2D eigenvalue weighted by Crippen LogP contribution is -2.32. The number of hydrogen-bond acceptors (Lipinski definition) is 32. The molecule has 2 rings (SSSR count). The van der Waals surface area contributed by atoms with Gasteiger partial charge in [0, 0.05) is 113 Å². The molecule has 2 heterocycles. The van der Waals surface area contributed by atoms with E-state index in [1.807, 2.05) is 106 Å². The Kier molecular flexibility index (Phi) is 92.2. The van der Waals surface area contributed by atoms with Crippen molar-refractivity contribution < 1.29 is 126 Å².